The molecule has 2 rings (SSSR count). The topological polar surface area (TPSA) is 46.5 Å². The Morgan fingerprint density at radius 2 is 2.42 bits per heavy atom. The molecule has 0 bridgehead atoms. The molecule has 0 aliphatic rings. The zero-order valence-corrected chi connectivity index (χ0v) is 6.86. The maximum atomic E-state index is 4.07. The van der Waals surface area contributed by atoms with Crippen LogP contribution in [0, 0.1) is 0 Å². The lowest BCUT2D eigenvalue weighted by Gasteiger charge is -2.00. The highest BCUT2D eigenvalue weighted by Crippen LogP contribution is 2.16. The molecule has 62 valence electrons. The van der Waals surface area contributed by atoms with E-state index in [1.165, 1.54) is 0 Å². The summed E-state index contributed by atoms with van der Waals surface area (Å²) in [5.74, 6) is 0. The van der Waals surface area contributed by atoms with Gasteiger partial charge in [0.2, 0.25) is 0 Å². The van der Waals surface area contributed by atoms with E-state index in [2.05, 4.69) is 26.7 Å². The number of rotatable bonds is 2. The molecule has 2 aromatic heterocycles. The SMILES string of the molecule is CCn1cncc1-c1cn[nH]c1. The van der Waals surface area contributed by atoms with Crippen LogP contribution in [-0.2, 0) is 6.54 Å². The Morgan fingerprint density at radius 3 is 3.08 bits per heavy atom. The molecule has 4 heteroatoms. The molecule has 12 heavy (non-hydrogen) atoms. The Bertz CT molecular complexity index is 347. The second-order valence-corrected chi connectivity index (χ2v) is 2.55. The van der Waals surface area contributed by atoms with E-state index in [0.29, 0.717) is 0 Å². The number of hydrogen-bond acceptors (Lipinski definition) is 2. The molecule has 0 aliphatic carbocycles. The van der Waals surface area contributed by atoms with E-state index < -0.39 is 0 Å². The average Bonchev–Trinajstić information content (AvgIpc) is 2.74. The van der Waals surface area contributed by atoms with Crippen LogP contribution >= 0.6 is 0 Å². The fourth-order valence-electron chi connectivity index (χ4n) is 1.20. The number of imidazole rings is 1. The van der Waals surface area contributed by atoms with Crippen LogP contribution in [0.4, 0.5) is 0 Å². The van der Waals surface area contributed by atoms with Crippen LogP contribution in [0.1, 0.15) is 6.92 Å². The zero-order valence-electron chi connectivity index (χ0n) is 6.86. The Kier molecular flexibility index (Phi) is 1.66. The van der Waals surface area contributed by atoms with Crippen molar-refractivity contribution in [3.05, 3.63) is 24.9 Å². The highest BCUT2D eigenvalue weighted by Gasteiger charge is 2.03. The van der Waals surface area contributed by atoms with Crippen LogP contribution < -0.4 is 0 Å². The van der Waals surface area contributed by atoms with Crippen LogP contribution in [-0.4, -0.2) is 19.7 Å². The molecule has 0 unspecified atom stereocenters. The molecule has 0 fully saturated rings. The van der Waals surface area contributed by atoms with Gasteiger partial charge in [-0.25, -0.2) is 4.98 Å². The van der Waals surface area contributed by atoms with Crippen molar-refractivity contribution in [3.8, 4) is 11.3 Å². The summed E-state index contributed by atoms with van der Waals surface area (Å²) in [7, 11) is 0. The van der Waals surface area contributed by atoms with Gasteiger partial charge in [0.15, 0.2) is 0 Å². The summed E-state index contributed by atoms with van der Waals surface area (Å²) in [4.78, 5) is 4.07. The number of nitrogens with zero attached hydrogens (tertiary/aromatic N) is 3. The first-order valence-electron chi connectivity index (χ1n) is 3.91. The van der Waals surface area contributed by atoms with Gasteiger partial charge in [-0.2, -0.15) is 5.10 Å². The van der Waals surface area contributed by atoms with Crippen LogP contribution in [0.5, 0.6) is 0 Å². The van der Waals surface area contributed by atoms with Crippen molar-refractivity contribution in [2.75, 3.05) is 0 Å². The average molecular weight is 162 g/mol. The number of aryl methyl sites for hydroxylation is 1. The van der Waals surface area contributed by atoms with Gasteiger partial charge in [0.1, 0.15) is 0 Å². The van der Waals surface area contributed by atoms with E-state index in [1.54, 1.807) is 6.20 Å². The lowest BCUT2D eigenvalue weighted by Crippen LogP contribution is -1.93. The largest absolute Gasteiger partial charge is 0.331 e. The second-order valence-electron chi connectivity index (χ2n) is 2.55. The standard InChI is InChI=1S/C8H10N4/c1-2-12-6-9-5-8(12)7-3-10-11-4-7/h3-6H,2H2,1H3,(H,10,11). The van der Waals surface area contributed by atoms with E-state index in [9.17, 15) is 0 Å². The minimum absolute atomic E-state index is 0.931. The first-order valence-corrected chi connectivity index (χ1v) is 3.91. The fraction of sp³-hybridized carbons (Fsp3) is 0.250. The third-order valence-electron chi connectivity index (χ3n) is 1.85. The Hall–Kier alpha value is -1.58. The fourth-order valence-corrected chi connectivity index (χ4v) is 1.20. The number of aromatic nitrogens is 4. The smallest absolute Gasteiger partial charge is 0.0950 e. The molecule has 0 radical (unpaired) electrons. The quantitative estimate of drug-likeness (QED) is 0.723. The normalized spacial score (nSPS) is 10.4. The van der Waals surface area contributed by atoms with Gasteiger partial charge in [-0.1, -0.05) is 0 Å². The van der Waals surface area contributed by atoms with Gasteiger partial charge in [0.25, 0.3) is 0 Å². The van der Waals surface area contributed by atoms with Crippen molar-refractivity contribution in [3.63, 3.8) is 0 Å². The van der Waals surface area contributed by atoms with Gasteiger partial charge >= 0.3 is 0 Å². The summed E-state index contributed by atoms with van der Waals surface area (Å²) in [5, 5.41) is 6.67. The maximum absolute atomic E-state index is 4.07. The number of aromatic amines is 1. The summed E-state index contributed by atoms with van der Waals surface area (Å²) in [6.07, 6.45) is 7.32. The second kappa shape index (κ2) is 2.81. The van der Waals surface area contributed by atoms with E-state index in [4.69, 9.17) is 0 Å². The monoisotopic (exact) mass is 162 g/mol. The number of H-pyrrole nitrogens is 1. The molecule has 0 aromatic carbocycles. The minimum Gasteiger partial charge on any atom is -0.331 e. The molecule has 2 aromatic rings. The van der Waals surface area contributed by atoms with Crippen LogP contribution in [0.25, 0.3) is 11.3 Å². The van der Waals surface area contributed by atoms with Crippen molar-refractivity contribution in [1.82, 2.24) is 19.7 Å². The van der Waals surface area contributed by atoms with Crippen molar-refractivity contribution < 1.29 is 0 Å². The van der Waals surface area contributed by atoms with Gasteiger partial charge in [0.05, 0.1) is 24.4 Å². The molecule has 0 saturated heterocycles. The highest BCUT2D eigenvalue weighted by molar-refractivity contribution is 5.56. The van der Waals surface area contributed by atoms with Gasteiger partial charge in [-0.3, -0.25) is 5.10 Å². The zero-order chi connectivity index (χ0) is 8.39. The summed E-state index contributed by atoms with van der Waals surface area (Å²) in [5.41, 5.74) is 2.18. The van der Waals surface area contributed by atoms with Crippen LogP contribution in [0.3, 0.4) is 0 Å². The third kappa shape index (κ3) is 1.01. The Labute approximate surface area is 70.3 Å². The lowest BCUT2D eigenvalue weighted by molar-refractivity contribution is 0.769. The van der Waals surface area contributed by atoms with Gasteiger partial charge in [-0.05, 0) is 6.92 Å². The molecule has 0 aliphatic heterocycles. The molecule has 4 nitrogen and oxygen atoms in total. The first kappa shape index (κ1) is 7.09. The highest BCUT2D eigenvalue weighted by atomic mass is 15.1. The van der Waals surface area contributed by atoms with E-state index >= 15 is 0 Å². The first-order chi connectivity index (χ1) is 5.92. The van der Waals surface area contributed by atoms with Crippen molar-refractivity contribution in [2.45, 2.75) is 13.5 Å². The Balaban J connectivity index is 2.46. The van der Waals surface area contributed by atoms with Crippen molar-refractivity contribution in [1.29, 1.82) is 0 Å². The summed E-state index contributed by atoms with van der Waals surface area (Å²) in [6.45, 7) is 3.02. The van der Waals surface area contributed by atoms with Crippen LogP contribution in [0.15, 0.2) is 24.9 Å². The number of hydrogen-bond donors (Lipinski definition) is 1. The van der Waals surface area contributed by atoms with Crippen molar-refractivity contribution in [2.24, 2.45) is 0 Å². The van der Waals surface area contributed by atoms with E-state index in [-0.39, 0.29) is 0 Å². The third-order valence-corrected chi connectivity index (χ3v) is 1.85. The molecule has 0 saturated carbocycles. The number of nitrogens with one attached hydrogen (secondary N) is 1. The van der Waals surface area contributed by atoms with Gasteiger partial charge in [0, 0.05) is 18.3 Å². The molecular weight excluding hydrogens is 152 g/mol. The molecule has 0 spiro atoms. The maximum Gasteiger partial charge on any atom is 0.0950 e. The minimum atomic E-state index is 0.931. The van der Waals surface area contributed by atoms with E-state index in [0.717, 1.165) is 17.8 Å². The van der Waals surface area contributed by atoms with Crippen LogP contribution in [0.2, 0.25) is 0 Å². The molecule has 0 amide bonds. The summed E-state index contributed by atoms with van der Waals surface area (Å²) in [6, 6.07) is 0. The predicted molar refractivity (Wildman–Crippen MR) is 45.5 cm³/mol. The van der Waals surface area contributed by atoms with E-state index in [1.807, 2.05) is 18.7 Å². The lowest BCUT2D eigenvalue weighted by atomic mass is 10.3. The molecule has 0 atom stereocenters. The summed E-state index contributed by atoms with van der Waals surface area (Å²) < 4.78 is 2.07. The van der Waals surface area contributed by atoms with Gasteiger partial charge in [-0.15, -0.1) is 0 Å². The molecular formula is C8H10N4. The van der Waals surface area contributed by atoms with Crippen molar-refractivity contribution >= 4 is 0 Å². The van der Waals surface area contributed by atoms with Gasteiger partial charge < -0.3 is 4.57 Å². The Morgan fingerprint density at radius 1 is 1.50 bits per heavy atom. The molecule has 1 N–H and O–H groups in total. The molecule has 2 heterocycles. The predicted octanol–water partition coefficient (Wildman–Crippen LogP) is 1.29. The summed E-state index contributed by atoms with van der Waals surface area (Å²) >= 11 is 0.